The van der Waals surface area contributed by atoms with Crippen LogP contribution in [0.15, 0.2) is 6.33 Å². The summed E-state index contributed by atoms with van der Waals surface area (Å²) in [5.41, 5.74) is 1.09. The summed E-state index contributed by atoms with van der Waals surface area (Å²) in [6.07, 6.45) is 5.66. The van der Waals surface area contributed by atoms with Gasteiger partial charge in [0, 0.05) is 24.4 Å². The first-order chi connectivity index (χ1) is 8.31. The van der Waals surface area contributed by atoms with Crippen LogP contribution in [0.4, 0.5) is 11.6 Å². The monoisotopic (exact) mass is 252 g/mol. The number of anilines is 2. The third kappa shape index (κ3) is 3.25. The molecule has 1 aromatic heterocycles. The van der Waals surface area contributed by atoms with Crippen molar-refractivity contribution in [1.29, 1.82) is 0 Å². The molecule has 0 amide bonds. The first kappa shape index (κ1) is 12.5. The standard InChI is InChI=1S/C12H20N4S/c1-9-11(13-2)15-8-16-12(9)14-7-10-5-3-4-6-17-10/h8,10H,3-7H2,1-2H3,(H2,13,14,15,16). The third-order valence-electron chi connectivity index (χ3n) is 3.09. The molecule has 1 fully saturated rings. The summed E-state index contributed by atoms with van der Waals surface area (Å²) in [6, 6.07) is 0. The molecule has 1 saturated heterocycles. The lowest BCUT2D eigenvalue weighted by Gasteiger charge is -2.22. The van der Waals surface area contributed by atoms with E-state index in [4.69, 9.17) is 0 Å². The molecule has 0 aromatic carbocycles. The van der Waals surface area contributed by atoms with E-state index in [0.717, 1.165) is 29.0 Å². The molecule has 17 heavy (non-hydrogen) atoms. The first-order valence-corrected chi connectivity index (χ1v) is 7.21. The van der Waals surface area contributed by atoms with Gasteiger partial charge in [0.1, 0.15) is 18.0 Å². The lowest BCUT2D eigenvalue weighted by Crippen LogP contribution is -2.21. The van der Waals surface area contributed by atoms with E-state index >= 15 is 0 Å². The quantitative estimate of drug-likeness (QED) is 0.862. The van der Waals surface area contributed by atoms with E-state index < -0.39 is 0 Å². The molecule has 1 aromatic rings. The van der Waals surface area contributed by atoms with Crippen molar-refractivity contribution >= 4 is 23.4 Å². The highest BCUT2D eigenvalue weighted by molar-refractivity contribution is 7.99. The summed E-state index contributed by atoms with van der Waals surface area (Å²) in [4.78, 5) is 8.48. The predicted molar refractivity (Wildman–Crippen MR) is 74.9 cm³/mol. The Labute approximate surface area is 107 Å². The normalized spacial score (nSPS) is 20.0. The highest BCUT2D eigenvalue weighted by atomic mass is 32.2. The Hall–Kier alpha value is -0.970. The van der Waals surface area contributed by atoms with Gasteiger partial charge < -0.3 is 10.6 Å². The minimum Gasteiger partial charge on any atom is -0.373 e. The molecule has 1 atom stereocenters. The maximum Gasteiger partial charge on any atom is 0.134 e. The molecule has 2 rings (SSSR count). The van der Waals surface area contributed by atoms with E-state index in [2.05, 4.69) is 32.4 Å². The molecule has 4 nitrogen and oxygen atoms in total. The number of hydrogen-bond donors (Lipinski definition) is 2. The van der Waals surface area contributed by atoms with Crippen LogP contribution < -0.4 is 10.6 Å². The number of nitrogens with zero attached hydrogens (tertiary/aromatic N) is 2. The fourth-order valence-corrected chi connectivity index (χ4v) is 3.30. The summed E-state index contributed by atoms with van der Waals surface area (Å²) < 4.78 is 0. The lowest BCUT2D eigenvalue weighted by molar-refractivity contribution is 0.676. The van der Waals surface area contributed by atoms with E-state index in [1.54, 1.807) is 6.33 Å². The van der Waals surface area contributed by atoms with Gasteiger partial charge in [0.05, 0.1) is 0 Å². The second-order valence-corrected chi connectivity index (χ2v) is 5.72. The van der Waals surface area contributed by atoms with Gasteiger partial charge in [-0.15, -0.1) is 0 Å². The van der Waals surface area contributed by atoms with Crippen molar-refractivity contribution in [3.63, 3.8) is 0 Å². The Morgan fingerprint density at radius 2 is 2.18 bits per heavy atom. The van der Waals surface area contributed by atoms with Crippen molar-refractivity contribution in [2.24, 2.45) is 0 Å². The van der Waals surface area contributed by atoms with Gasteiger partial charge in [-0.2, -0.15) is 11.8 Å². The fraction of sp³-hybridized carbons (Fsp3) is 0.667. The number of nitrogens with one attached hydrogen (secondary N) is 2. The molecule has 0 spiro atoms. The van der Waals surface area contributed by atoms with Gasteiger partial charge in [-0.1, -0.05) is 6.42 Å². The average molecular weight is 252 g/mol. The van der Waals surface area contributed by atoms with Crippen molar-refractivity contribution in [3.8, 4) is 0 Å². The second-order valence-electron chi connectivity index (χ2n) is 4.32. The number of aromatic nitrogens is 2. The molecule has 0 radical (unpaired) electrons. The third-order valence-corrected chi connectivity index (χ3v) is 4.49. The highest BCUT2D eigenvalue weighted by Gasteiger charge is 2.14. The molecular formula is C12H20N4S. The largest absolute Gasteiger partial charge is 0.373 e. The topological polar surface area (TPSA) is 49.8 Å². The molecule has 2 heterocycles. The van der Waals surface area contributed by atoms with E-state index in [-0.39, 0.29) is 0 Å². The molecule has 1 unspecified atom stereocenters. The minimum absolute atomic E-state index is 0.733. The molecule has 2 N–H and O–H groups in total. The maximum atomic E-state index is 4.30. The van der Waals surface area contributed by atoms with E-state index in [9.17, 15) is 0 Å². The van der Waals surface area contributed by atoms with Crippen LogP contribution >= 0.6 is 11.8 Å². The van der Waals surface area contributed by atoms with Crippen LogP contribution in [0.25, 0.3) is 0 Å². The fourth-order valence-electron chi connectivity index (χ4n) is 2.06. The Balaban J connectivity index is 1.93. The summed E-state index contributed by atoms with van der Waals surface area (Å²) in [5, 5.41) is 7.26. The zero-order valence-electron chi connectivity index (χ0n) is 10.5. The molecule has 0 aliphatic carbocycles. The van der Waals surface area contributed by atoms with Crippen LogP contribution in [0.1, 0.15) is 24.8 Å². The van der Waals surface area contributed by atoms with Gasteiger partial charge in [-0.05, 0) is 25.5 Å². The molecule has 1 aliphatic heterocycles. The van der Waals surface area contributed by atoms with Crippen molar-refractivity contribution in [2.45, 2.75) is 31.4 Å². The van der Waals surface area contributed by atoms with Crippen LogP contribution in [0.3, 0.4) is 0 Å². The van der Waals surface area contributed by atoms with E-state index in [1.165, 1.54) is 25.0 Å². The van der Waals surface area contributed by atoms with E-state index in [1.807, 2.05) is 14.0 Å². The number of rotatable bonds is 4. The molecule has 94 valence electrons. The van der Waals surface area contributed by atoms with Gasteiger partial charge >= 0.3 is 0 Å². The zero-order valence-corrected chi connectivity index (χ0v) is 11.3. The summed E-state index contributed by atoms with van der Waals surface area (Å²) in [5.74, 6) is 3.16. The van der Waals surface area contributed by atoms with Crippen LogP contribution in [0.2, 0.25) is 0 Å². The smallest absolute Gasteiger partial charge is 0.134 e. The predicted octanol–water partition coefficient (Wildman–Crippen LogP) is 2.52. The summed E-state index contributed by atoms with van der Waals surface area (Å²) >= 11 is 2.08. The van der Waals surface area contributed by atoms with Crippen molar-refractivity contribution in [1.82, 2.24) is 9.97 Å². The Morgan fingerprint density at radius 1 is 1.35 bits per heavy atom. The molecule has 0 bridgehead atoms. The van der Waals surface area contributed by atoms with Crippen LogP contribution in [0.5, 0.6) is 0 Å². The Kier molecular flexibility index (Phi) is 4.48. The molecular weight excluding hydrogens is 232 g/mol. The Morgan fingerprint density at radius 3 is 2.88 bits per heavy atom. The highest BCUT2D eigenvalue weighted by Crippen LogP contribution is 2.26. The lowest BCUT2D eigenvalue weighted by atomic mass is 10.2. The minimum atomic E-state index is 0.733. The number of thioether (sulfide) groups is 1. The van der Waals surface area contributed by atoms with E-state index in [0.29, 0.717) is 0 Å². The summed E-state index contributed by atoms with van der Waals surface area (Å²) in [7, 11) is 1.89. The summed E-state index contributed by atoms with van der Waals surface area (Å²) in [6.45, 7) is 3.05. The molecule has 1 aliphatic rings. The SMILES string of the molecule is CNc1ncnc(NCC2CCCCS2)c1C. The molecule has 0 saturated carbocycles. The second kappa shape index (κ2) is 6.10. The number of hydrogen-bond acceptors (Lipinski definition) is 5. The average Bonchev–Trinajstić information content (AvgIpc) is 2.39. The van der Waals surface area contributed by atoms with Gasteiger partial charge in [-0.25, -0.2) is 9.97 Å². The van der Waals surface area contributed by atoms with Gasteiger partial charge in [-0.3, -0.25) is 0 Å². The van der Waals surface area contributed by atoms with Crippen LogP contribution in [0, 0.1) is 6.92 Å². The van der Waals surface area contributed by atoms with Crippen molar-refractivity contribution < 1.29 is 0 Å². The maximum absolute atomic E-state index is 4.30. The Bertz CT molecular complexity index is 364. The van der Waals surface area contributed by atoms with Crippen LogP contribution in [-0.4, -0.2) is 34.6 Å². The van der Waals surface area contributed by atoms with Crippen LogP contribution in [-0.2, 0) is 0 Å². The van der Waals surface area contributed by atoms with Crippen molar-refractivity contribution in [2.75, 3.05) is 30.0 Å². The van der Waals surface area contributed by atoms with Crippen molar-refractivity contribution in [3.05, 3.63) is 11.9 Å². The molecule has 5 heteroatoms. The van der Waals surface area contributed by atoms with Gasteiger partial charge in [0.2, 0.25) is 0 Å². The zero-order chi connectivity index (χ0) is 12.1. The first-order valence-electron chi connectivity index (χ1n) is 6.16. The van der Waals surface area contributed by atoms with Gasteiger partial charge in [0.25, 0.3) is 0 Å². The van der Waals surface area contributed by atoms with Gasteiger partial charge in [0.15, 0.2) is 0 Å².